The topological polar surface area (TPSA) is 197 Å². The van der Waals surface area contributed by atoms with Crippen molar-refractivity contribution >= 4 is 5.97 Å². The molecule has 12 heteroatoms. The Labute approximate surface area is 195 Å². The average Bonchev–Trinajstić information content (AvgIpc) is 2.79. The van der Waals surface area contributed by atoms with Gasteiger partial charge in [-0.15, -0.1) is 0 Å². The molecule has 4 rings (SSSR count). The molecule has 0 saturated carbocycles. The fourth-order valence-corrected chi connectivity index (χ4v) is 4.27. The number of benzene rings is 3. The van der Waals surface area contributed by atoms with E-state index in [9.17, 15) is 50.0 Å². The fraction of sp³-hybridized carbons (Fsp3) is 0.174. The summed E-state index contributed by atoms with van der Waals surface area (Å²) in [6.45, 7) is 0. The van der Waals surface area contributed by atoms with Crippen molar-refractivity contribution in [3.63, 3.8) is 0 Å². The van der Waals surface area contributed by atoms with Gasteiger partial charge in [-0.3, -0.25) is 0 Å². The van der Waals surface area contributed by atoms with E-state index < -0.39 is 75.2 Å². The van der Waals surface area contributed by atoms with Crippen molar-refractivity contribution in [1.29, 1.82) is 0 Å². The minimum Gasteiger partial charge on any atom is -0.508 e. The van der Waals surface area contributed by atoms with Gasteiger partial charge in [0.2, 0.25) is 5.75 Å². The number of hydrogen-bond acceptors (Lipinski definition) is 10. The van der Waals surface area contributed by atoms with Crippen LogP contribution in [0.1, 0.15) is 39.1 Å². The number of ether oxygens (including phenoxy) is 2. The van der Waals surface area contributed by atoms with E-state index in [-0.39, 0.29) is 29.0 Å². The molecule has 0 radical (unpaired) electrons. The number of carboxylic acid groups (broad SMARTS) is 1. The normalized spacial score (nSPS) is 16.9. The van der Waals surface area contributed by atoms with Crippen molar-refractivity contribution in [3.8, 4) is 51.7 Å². The molecular weight excluding hydrogens is 471 g/mol. The molecule has 1 aliphatic heterocycles. The Morgan fingerprint density at radius 2 is 1.57 bits per heavy atom. The summed E-state index contributed by atoms with van der Waals surface area (Å²) in [6, 6.07) is 4.17. The van der Waals surface area contributed by atoms with Crippen LogP contribution in [0.25, 0.3) is 0 Å². The van der Waals surface area contributed by atoms with E-state index in [1.54, 1.807) is 0 Å². The quantitative estimate of drug-likeness (QED) is 0.250. The van der Waals surface area contributed by atoms with Gasteiger partial charge in [0.25, 0.3) is 0 Å². The van der Waals surface area contributed by atoms with E-state index in [0.29, 0.717) is 0 Å². The molecule has 0 bridgehead atoms. The maximum Gasteiger partial charge on any atom is 0.339 e. The summed E-state index contributed by atoms with van der Waals surface area (Å²) in [5, 5.41) is 80.0. The summed E-state index contributed by atoms with van der Waals surface area (Å²) in [4.78, 5) is 12.0. The Balaban J connectivity index is 2.06. The third-order valence-corrected chi connectivity index (χ3v) is 5.80. The monoisotopic (exact) mass is 490 g/mol. The summed E-state index contributed by atoms with van der Waals surface area (Å²) in [5.41, 5.74) is -1.45. The van der Waals surface area contributed by atoms with Gasteiger partial charge < -0.3 is 50.3 Å². The van der Waals surface area contributed by atoms with Crippen LogP contribution in [0, 0.1) is 5.82 Å². The van der Waals surface area contributed by atoms with Crippen molar-refractivity contribution in [2.45, 2.75) is 18.4 Å². The highest BCUT2D eigenvalue weighted by Gasteiger charge is 2.42. The van der Waals surface area contributed by atoms with Crippen molar-refractivity contribution in [2.75, 3.05) is 7.11 Å². The standard InChI is InChI=1S/C23H19FO11/c1-34-22-15(16(23(32)33)17(24)19(30)20(22)31)10-6-9-11(26)4-8(25)5-14(9)35-21(10)7-2-12(27)18(29)13(28)3-7/h2-5,10,21,25-31H,6H2,1H3,(H,32,33)/t10?,21-/m0/s1. The molecule has 0 spiro atoms. The SMILES string of the molecule is COc1c(O)c(O)c(F)c(C(=O)O)c1C1Cc2c(O)cc(O)cc2O[C@H]1c1cc(O)c(O)c(O)c1. The number of aromatic hydroxyl groups is 7. The molecule has 2 atom stereocenters. The Hall–Kier alpha value is -4.74. The van der Waals surface area contributed by atoms with Crippen LogP contribution >= 0.6 is 0 Å². The lowest BCUT2D eigenvalue weighted by molar-refractivity contribution is 0.0684. The van der Waals surface area contributed by atoms with Gasteiger partial charge in [0.05, 0.1) is 7.11 Å². The van der Waals surface area contributed by atoms with Crippen LogP contribution in [0.4, 0.5) is 4.39 Å². The van der Waals surface area contributed by atoms with E-state index in [0.717, 1.165) is 31.4 Å². The lowest BCUT2D eigenvalue weighted by atomic mass is 9.79. The molecule has 8 N–H and O–H groups in total. The Bertz CT molecular complexity index is 1350. The molecule has 0 fully saturated rings. The zero-order valence-electron chi connectivity index (χ0n) is 17.9. The van der Waals surface area contributed by atoms with Crippen molar-refractivity contribution in [3.05, 3.63) is 52.3 Å². The molecular formula is C23H19FO11. The number of halogens is 1. The van der Waals surface area contributed by atoms with Crippen LogP contribution in [-0.2, 0) is 6.42 Å². The number of phenols is 7. The molecule has 3 aromatic rings. The second-order valence-corrected chi connectivity index (χ2v) is 7.84. The molecule has 11 nitrogen and oxygen atoms in total. The highest BCUT2D eigenvalue weighted by Crippen LogP contribution is 2.55. The van der Waals surface area contributed by atoms with Crippen LogP contribution in [0.3, 0.4) is 0 Å². The van der Waals surface area contributed by atoms with Gasteiger partial charge in [-0.25, -0.2) is 9.18 Å². The molecule has 1 heterocycles. The number of hydrogen-bond donors (Lipinski definition) is 8. The Morgan fingerprint density at radius 3 is 2.14 bits per heavy atom. The van der Waals surface area contributed by atoms with Crippen LogP contribution < -0.4 is 9.47 Å². The predicted octanol–water partition coefficient (Wildman–Crippen LogP) is 2.93. The maximum absolute atomic E-state index is 14.9. The lowest BCUT2D eigenvalue weighted by Gasteiger charge is -2.36. The van der Waals surface area contributed by atoms with Crippen molar-refractivity contribution in [1.82, 2.24) is 0 Å². The zero-order chi connectivity index (χ0) is 25.8. The Morgan fingerprint density at radius 1 is 0.943 bits per heavy atom. The van der Waals surface area contributed by atoms with Gasteiger partial charge in [0.15, 0.2) is 34.6 Å². The molecule has 0 saturated heterocycles. The number of carboxylic acids is 1. The average molecular weight is 490 g/mol. The van der Waals surface area contributed by atoms with Crippen LogP contribution in [0.2, 0.25) is 0 Å². The summed E-state index contributed by atoms with van der Waals surface area (Å²) < 4.78 is 25.9. The summed E-state index contributed by atoms with van der Waals surface area (Å²) >= 11 is 0. The van der Waals surface area contributed by atoms with Gasteiger partial charge in [-0.1, -0.05) is 0 Å². The number of rotatable bonds is 4. The molecule has 1 unspecified atom stereocenters. The van der Waals surface area contributed by atoms with E-state index in [1.807, 2.05) is 0 Å². The third kappa shape index (κ3) is 3.64. The first kappa shape index (κ1) is 23.4. The molecule has 3 aromatic carbocycles. The highest BCUT2D eigenvalue weighted by atomic mass is 19.1. The smallest absolute Gasteiger partial charge is 0.339 e. The van der Waals surface area contributed by atoms with E-state index in [2.05, 4.69) is 0 Å². The first-order chi connectivity index (χ1) is 16.5. The molecule has 35 heavy (non-hydrogen) atoms. The van der Waals surface area contributed by atoms with Crippen LogP contribution in [0.5, 0.6) is 51.7 Å². The number of phenolic OH excluding ortho intramolecular Hbond substituents is 7. The van der Waals surface area contributed by atoms with E-state index >= 15 is 0 Å². The van der Waals surface area contributed by atoms with E-state index in [4.69, 9.17) is 9.47 Å². The van der Waals surface area contributed by atoms with Gasteiger partial charge in [0.1, 0.15) is 28.9 Å². The van der Waals surface area contributed by atoms with Crippen molar-refractivity contribution in [2.24, 2.45) is 0 Å². The fourth-order valence-electron chi connectivity index (χ4n) is 4.27. The Kier molecular flexibility index (Phi) is 5.51. The highest BCUT2D eigenvalue weighted by molar-refractivity contribution is 5.93. The van der Waals surface area contributed by atoms with Gasteiger partial charge in [0, 0.05) is 34.7 Å². The van der Waals surface area contributed by atoms with Crippen molar-refractivity contribution < 1.29 is 59.5 Å². The molecule has 184 valence electrons. The molecule has 0 amide bonds. The second kappa shape index (κ2) is 8.24. The first-order valence-electron chi connectivity index (χ1n) is 9.97. The van der Waals surface area contributed by atoms with Gasteiger partial charge in [-0.05, 0) is 18.6 Å². The third-order valence-electron chi connectivity index (χ3n) is 5.80. The zero-order valence-corrected chi connectivity index (χ0v) is 17.9. The largest absolute Gasteiger partial charge is 0.508 e. The maximum atomic E-state index is 14.9. The molecule has 0 aliphatic carbocycles. The molecule has 0 aromatic heterocycles. The van der Waals surface area contributed by atoms with Crippen LogP contribution in [0.15, 0.2) is 24.3 Å². The van der Waals surface area contributed by atoms with Gasteiger partial charge >= 0.3 is 5.97 Å². The summed E-state index contributed by atoms with van der Waals surface area (Å²) in [5.74, 6) is -11.0. The number of methoxy groups -OCH3 is 1. The van der Waals surface area contributed by atoms with Crippen LogP contribution in [-0.4, -0.2) is 53.9 Å². The predicted molar refractivity (Wildman–Crippen MR) is 114 cm³/mol. The minimum atomic E-state index is -1.82. The summed E-state index contributed by atoms with van der Waals surface area (Å²) in [7, 11) is 1.04. The number of carbonyl (C=O) groups is 1. The lowest BCUT2D eigenvalue weighted by Crippen LogP contribution is -2.27. The second-order valence-electron chi connectivity index (χ2n) is 7.84. The van der Waals surface area contributed by atoms with Gasteiger partial charge in [-0.2, -0.15) is 0 Å². The first-order valence-corrected chi connectivity index (χ1v) is 9.97. The number of aromatic carboxylic acids is 1. The van der Waals surface area contributed by atoms with E-state index in [1.165, 1.54) is 0 Å². The molecule has 1 aliphatic rings. The minimum absolute atomic E-state index is 0.0253. The number of fused-ring (bicyclic) bond motifs is 1. The summed E-state index contributed by atoms with van der Waals surface area (Å²) in [6.07, 6.45) is -1.62.